The second-order valence-corrected chi connectivity index (χ2v) is 5.66. The maximum absolute atomic E-state index is 6.23. The van der Waals surface area contributed by atoms with Crippen molar-refractivity contribution in [3.05, 3.63) is 49.6 Å². The monoisotopic (exact) mass is 301 g/mol. The summed E-state index contributed by atoms with van der Waals surface area (Å²) in [6, 6.07) is 5.26. The van der Waals surface area contributed by atoms with Crippen molar-refractivity contribution in [3.8, 4) is 5.75 Å². The number of benzene rings is 1. The molecule has 0 aliphatic carbocycles. The van der Waals surface area contributed by atoms with E-state index < -0.39 is 0 Å². The van der Waals surface area contributed by atoms with E-state index in [4.69, 9.17) is 33.7 Å². The molecule has 2 N–H and O–H groups in total. The van der Waals surface area contributed by atoms with Crippen LogP contribution >= 0.6 is 34.5 Å². The van der Waals surface area contributed by atoms with Crippen LogP contribution in [0.4, 0.5) is 0 Å². The molecule has 0 spiro atoms. The number of thiophene rings is 1. The highest BCUT2D eigenvalue weighted by Gasteiger charge is 2.17. The van der Waals surface area contributed by atoms with E-state index in [0.29, 0.717) is 10.8 Å². The topological polar surface area (TPSA) is 35.2 Å². The summed E-state index contributed by atoms with van der Waals surface area (Å²) in [4.78, 5) is 0.957. The molecule has 0 radical (unpaired) electrons. The zero-order valence-corrected chi connectivity index (χ0v) is 12.4. The fraction of sp³-hybridized carbons (Fsp3) is 0.231. The van der Waals surface area contributed by atoms with E-state index in [-0.39, 0.29) is 6.04 Å². The molecule has 1 atom stereocenters. The minimum atomic E-state index is -0.262. The number of nitrogens with two attached hydrogens (primary N) is 1. The third kappa shape index (κ3) is 2.50. The summed E-state index contributed by atoms with van der Waals surface area (Å²) in [5.74, 6) is 0.619. The molecule has 0 fully saturated rings. The zero-order valence-electron chi connectivity index (χ0n) is 10.0. The van der Waals surface area contributed by atoms with Gasteiger partial charge in [0.1, 0.15) is 5.75 Å². The molecular formula is C13H13Cl2NOS. The summed E-state index contributed by atoms with van der Waals surface area (Å²) < 4.78 is 5.19. The highest BCUT2D eigenvalue weighted by Crippen LogP contribution is 2.36. The lowest BCUT2D eigenvalue weighted by molar-refractivity contribution is 0.414. The average molecular weight is 302 g/mol. The molecule has 2 nitrogen and oxygen atoms in total. The van der Waals surface area contributed by atoms with E-state index in [1.807, 2.05) is 24.4 Å². The number of aryl methyl sites for hydroxylation is 1. The molecule has 96 valence electrons. The number of hydrogen-bond acceptors (Lipinski definition) is 3. The van der Waals surface area contributed by atoms with Crippen LogP contribution in [0.5, 0.6) is 5.75 Å². The van der Waals surface area contributed by atoms with Crippen molar-refractivity contribution in [3.63, 3.8) is 0 Å². The van der Waals surface area contributed by atoms with Gasteiger partial charge in [-0.1, -0.05) is 29.3 Å². The molecule has 0 aliphatic heterocycles. The molecule has 0 bridgehead atoms. The van der Waals surface area contributed by atoms with Crippen molar-refractivity contribution in [2.75, 3.05) is 7.11 Å². The van der Waals surface area contributed by atoms with Gasteiger partial charge >= 0.3 is 0 Å². The zero-order chi connectivity index (χ0) is 13.3. The average Bonchev–Trinajstić information content (AvgIpc) is 2.70. The number of rotatable bonds is 3. The van der Waals surface area contributed by atoms with E-state index in [1.54, 1.807) is 24.5 Å². The highest BCUT2D eigenvalue weighted by atomic mass is 35.5. The van der Waals surface area contributed by atoms with Crippen LogP contribution in [-0.4, -0.2) is 7.11 Å². The van der Waals surface area contributed by atoms with Crippen LogP contribution < -0.4 is 10.5 Å². The lowest BCUT2D eigenvalue weighted by atomic mass is 10.1. The SMILES string of the molecule is COc1cc(C(N)c2scc(C)c2Cl)ccc1Cl. The largest absolute Gasteiger partial charge is 0.495 e. The standard InChI is InChI=1S/C13H13Cl2NOS/c1-7-6-18-13(11(7)15)12(16)8-3-4-9(14)10(5-8)17-2/h3-6,12H,16H2,1-2H3. The molecular weight excluding hydrogens is 289 g/mol. The second kappa shape index (κ2) is 5.49. The molecule has 0 saturated carbocycles. The Morgan fingerprint density at radius 3 is 2.61 bits per heavy atom. The normalized spacial score (nSPS) is 12.5. The van der Waals surface area contributed by atoms with E-state index in [2.05, 4.69) is 0 Å². The first-order valence-electron chi connectivity index (χ1n) is 5.37. The summed E-state index contributed by atoms with van der Waals surface area (Å²) >= 11 is 13.8. The molecule has 0 saturated heterocycles. The van der Waals surface area contributed by atoms with Gasteiger partial charge < -0.3 is 10.5 Å². The van der Waals surface area contributed by atoms with Gasteiger partial charge in [-0.25, -0.2) is 0 Å². The Labute approximate surface area is 120 Å². The number of halogens is 2. The summed E-state index contributed by atoms with van der Waals surface area (Å²) in [5, 5.41) is 3.31. The van der Waals surface area contributed by atoms with Crippen molar-refractivity contribution in [1.82, 2.24) is 0 Å². The second-order valence-electron chi connectivity index (χ2n) is 3.97. The summed E-state index contributed by atoms with van der Waals surface area (Å²) in [6.45, 7) is 1.97. The Balaban J connectivity index is 2.40. The number of methoxy groups -OCH3 is 1. The maximum atomic E-state index is 6.23. The van der Waals surface area contributed by atoms with Gasteiger partial charge in [0.05, 0.1) is 23.2 Å². The maximum Gasteiger partial charge on any atom is 0.137 e. The Bertz CT molecular complexity index is 568. The third-order valence-electron chi connectivity index (χ3n) is 2.74. The van der Waals surface area contributed by atoms with Gasteiger partial charge in [-0.15, -0.1) is 11.3 Å². The van der Waals surface area contributed by atoms with Gasteiger partial charge in [0, 0.05) is 4.88 Å². The summed E-state index contributed by atoms with van der Waals surface area (Å²) in [7, 11) is 1.58. The van der Waals surface area contributed by atoms with Crippen LogP contribution in [0.1, 0.15) is 22.0 Å². The first-order valence-corrected chi connectivity index (χ1v) is 7.00. The van der Waals surface area contributed by atoms with Crippen LogP contribution in [0.3, 0.4) is 0 Å². The van der Waals surface area contributed by atoms with Gasteiger partial charge in [-0.05, 0) is 35.6 Å². The highest BCUT2D eigenvalue weighted by molar-refractivity contribution is 7.10. The lowest BCUT2D eigenvalue weighted by Gasteiger charge is -2.13. The van der Waals surface area contributed by atoms with E-state index in [1.165, 1.54) is 0 Å². The van der Waals surface area contributed by atoms with Crippen molar-refractivity contribution in [2.45, 2.75) is 13.0 Å². The fourth-order valence-electron chi connectivity index (χ4n) is 1.68. The smallest absolute Gasteiger partial charge is 0.137 e. The van der Waals surface area contributed by atoms with Crippen LogP contribution in [0.2, 0.25) is 10.0 Å². The Morgan fingerprint density at radius 1 is 1.33 bits per heavy atom. The summed E-state index contributed by atoms with van der Waals surface area (Å²) in [5.41, 5.74) is 8.21. The number of ether oxygens (including phenoxy) is 1. The fourth-order valence-corrected chi connectivity index (χ4v) is 3.21. The lowest BCUT2D eigenvalue weighted by Crippen LogP contribution is -2.10. The van der Waals surface area contributed by atoms with Crippen LogP contribution in [0.25, 0.3) is 0 Å². The van der Waals surface area contributed by atoms with Crippen molar-refractivity contribution in [1.29, 1.82) is 0 Å². The molecule has 2 aromatic rings. The van der Waals surface area contributed by atoms with Crippen LogP contribution in [0.15, 0.2) is 23.6 Å². The van der Waals surface area contributed by atoms with Gasteiger partial charge in [0.2, 0.25) is 0 Å². The minimum absolute atomic E-state index is 0.262. The van der Waals surface area contributed by atoms with Gasteiger partial charge in [0.25, 0.3) is 0 Å². The van der Waals surface area contributed by atoms with Crippen molar-refractivity contribution < 1.29 is 4.74 Å². The van der Waals surface area contributed by atoms with Gasteiger partial charge in [0.15, 0.2) is 0 Å². The van der Waals surface area contributed by atoms with Crippen molar-refractivity contribution in [2.24, 2.45) is 5.73 Å². The molecule has 0 aliphatic rings. The third-order valence-corrected chi connectivity index (χ3v) is 4.85. The molecule has 2 rings (SSSR count). The Kier molecular flexibility index (Phi) is 4.17. The van der Waals surface area contributed by atoms with E-state index in [0.717, 1.165) is 21.0 Å². The van der Waals surface area contributed by atoms with Gasteiger partial charge in [-0.3, -0.25) is 0 Å². The minimum Gasteiger partial charge on any atom is -0.495 e. The molecule has 1 aromatic carbocycles. The number of hydrogen-bond donors (Lipinski definition) is 1. The van der Waals surface area contributed by atoms with Crippen LogP contribution in [0, 0.1) is 6.92 Å². The van der Waals surface area contributed by atoms with Crippen molar-refractivity contribution >= 4 is 34.5 Å². The van der Waals surface area contributed by atoms with Gasteiger partial charge in [-0.2, -0.15) is 0 Å². The predicted molar refractivity (Wildman–Crippen MR) is 78.1 cm³/mol. The first-order chi connectivity index (χ1) is 8.54. The Hall–Kier alpha value is -0.740. The first kappa shape index (κ1) is 13.7. The summed E-state index contributed by atoms with van der Waals surface area (Å²) in [6.07, 6.45) is 0. The molecule has 18 heavy (non-hydrogen) atoms. The molecule has 5 heteroatoms. The van der Waals surface area contributed by atoms with Crippen LogP contribution in [-0.2, 0) is 0 Å². The molecule has 1 heterocycles. The molecule has 1 unspecified atom stereocenters. The predicted octanol–water partition coefficient (Wildman–Crippen LogP) is 4.42. The molecule has 1 aromatic heterocycles. The quantitative estimate of drug-likeness (QED) is 0.911. The van der Waals surface area contributed by atoms with E-state index >= 15 is 0 Å². The van der Waals surface area contributed by atoms with E-state index in [9.17, 15) is 0 Å². The molecule has 0 amide bonds. The Morgan fingerprint density at radius 2 is 2.06 bits per heavy atom.